The van der Waals surface area contributed by atoms with Crippen LogP contribution < -0.4 is 20.7 Å². The quantitative estimate of drug-likeness (QED) is 0.440. The van der Waals surface area contributed by atoms with Gasteiger partial charge in [-0.15, -0.1) is 0 Å². The number of nitrogens with one attached hydrogen (secondary N) is 3. The molecule has 1 unspecified atom stereocenters. The molecule has 3 heterocycles. The van der Waals surface area contributed by atoms with Crippen molar-refractivity contribution in [1.82, 2.24) is 25.8 Å². The smallest absolute Gasteiger partial charge is 0.243 e. The molecule has 10 heteroatoms. The fourth-order valence-electron chi connectivity index (χ4n) is 6.25. The minimum Gasteiger partial charge on any atom is -0.494 e. The maximum Gasteiger partial charge on any atom is 0.243 e. The van der Waals surface area contributed by atoms with Crippen LogP contribution in [0.2, 0.25) is 0 Å². The normalized spacial score (nSPS) is 23.4. The maximum absolute atomic E-state index is 13.8. The number of hydrogen-bond donors (Lipinski definition) is 3. The van der Waals surface area contributed by atoms with Crippen molar-refractivity contribution < 1.29 is 23.9 Å². The molecule has 2 aromatic rings. The second-order valence-corrected chi connectivity index (χ2v) is 12.6. The Morgan fingerprint density at radius 1 is 1.00 bits per heavy atom. The van der Waals surface area contributed by atoms with E-state index in [1.165, 1.54) is 0 Å². The first-order valence-electron chi connectivity index (χ1n) is 16.5. The van der Waals surface area contributed by atoms with Crippen LogP contribution in [-0.2, 0) is 32.1 Å². The highest BCUT2D eigenvalue weighted by Gasteiger charge is 2.32. The van der Waals surface area contributed by atoms with Gasteiger partial charge in [0, 0.05) is 32.6 Å². The SMILES string of the molecule is Cc1ccc2cc1CNC(=O)[C@H](CCc1ccccc1)NC(=O)[C@@H](NC(=O)CCN1CCC1)CC(=O)N1CCCC(CCO2)C1. The highest BCUT2D eigenvalue weighted by molar-refractivity contribution is 5.95. The van der Waals surface area contributed by atoms with Crippen molar-refractivity contribution in [2.75, 3.05) is 39.3 Å². The van der Waals surface area contributed by atoms with Gasteiger partial charge in [0.25, 0.3) is 0 Å². The van der Waals surface area contributed by atoms with Crippen LogP contribution in [0, 0.1) is 12.8 Å². The van der Waals surface area contributed by atoms with Gasteiger partial charge in [-0.3, -0.25) is 19.2 Å². The first-order valence-corrected chi connectivity index (χ1v) is 16.5. The van der Waals surface area contributed by atoms with Crippen molar-refractivity contribution in [2.24, 2.45) is 5.92 Å². The summed E-state index contributed by atoms with van der Waals surface area (Å²) < 4.78 is 6.10. The zero-order chi connectivity index (χ0) is 31.6. The minimum absolute atomic E-state index is 0.151. The molecule has 0 aromatic heterocycles. The molecule has 4 amide bonds. The van der Waals surface area contributed by atoms with Gasteiger partial charge in [0.1, 0.15) is 17.8 Å². The summed E-state index contributed by atoms with van der Waals surface area (Å²) in [6, 6.07) is 13.8. The molecule has 2 fully saturated rings. The average Bonchev–Trinajstić information content (AvgIpc) is 3.02. The van der Waals surface area contributed by atoms with Crippen LogP contribution >= 0.6 is 0 Å². The standard InChI is InChI=1S/C35H47N5O5/c1-25-10-12-29-21-28(25)23-36-34(43)30(13-11-26-7-3-2-4-8-26)38-35(44)31(37-32(41)14-19-39-16-6-17-39)22-33(42)40-18-5-9-27(24-40)15-20-45-29/h2-4,7-8,10,12,21,27,30-31H,5-6,9,11,13-20,22-24H2,1H3,(H,36,43)(H,37,41)(H,38,44)/t27?,30-,31-/m0/s1. The number of rotatable bonds is 7. The largest absolute Gasteiger partial charge is 0.494 e. The zero-order valence-electron chi connectivity index (χ0n) is 26.4. The number of amides is 4. The molecule has 3 aliphatic rings. The van der Waals surface area contributed by atoms with Crippen molar-refractivity contribution in [1.29, 1.82) is 0 Å². The lowest BCUT2D eigenvalue weighted by molar-refractivity contribution is -0.138. The van der Waals surface area contributed by atoms with Crippen LogP contribution in [0.5, 0.6) is 5.75 Å². The van der Waals surface area contributed by atoms with E-state index in [0.717, 1.165) is 61.2 Å². The lowest BCUT2D eigenvalue weighted by Crippen LogP contribution is -2.55. The third-order valence-corrected chi connectivity index (χ3v) is 9.27. The molecule has 0 saturated carbocycles. The summed E-state index contributed by atoms with van der Waals surface area (Å²) >= 11 is 0. The fraction of sp³-hybridized carbons (Fsp3) is 0.543. The molecular formula is C35H47N5O5. The lowest BCUT2D eigenvalue weighted by atomic mass is 9.94. The Labute approximate surface area is 266 Å². The molecular weight excluding hydrogens is 570 g/mol. The van der Waals surface area contributed by atoms with Crippen LogP contribution in [0.15, 0.2) is 48.5 Å². The third-order valence-electron chi connectivity index (χ3n) is 9.27. The van der Waals surface area contributed by atoms with Crippen LogP contribution in [0.3, 0.4) is 0 Å². The number of benzene rings is 2. The van der Waals surface area contributed by atoms with Gasteiger partial charge in [-0.2, -0.15) is 0 Å². The molecule has 45 heavy (non-hydrogen) atoms. The van der Waals surface area contributed by atoms with Crippen LogP contribution in [-0.4, -0.2) is 84.8 Å². The van der Waals surface area contributed by atoms with E-state index in [1.54, 1.807) is 0 Å². The number of carbonyl (C=O) groups excluding carboxylic acids is 4. The van der Waals surface area contributed by atoms with Crippen molar-refractivity contribution in [3.8, 4) is 5.75 Å². The second kappa shape index (κ2) is 15.9. The van der Waals surface area contributed by atoms with E-state index in [-0.39, 0.29) is 37.1 Å². The minimum atomic E-state index is -1.07. The van der Waals surface area contributed by atoms with Crippen LogP contribution in [0.25, 0.3) is 0 Å². The first kappa shape index (κ1) is 32.5. The van der Waals surface area contributed by atoms with E-state index in [0.29, 0.717) is 45.0 Å². The van der Waals surface area contributed by atoms with Crippen molar-refractivity contribution in [3.63, 3.8) is 0 Å². The van der Waals surface area contributed by atoms with E-state index < -0.39 is 18.0 Å². The van der Waals surface area contributed by atoms with E-state index in [4.69, 9.17) is 4.74 Å². The van der Waals surface area contributed by atoms with Gasteiger partial charge >= 0.3 is 0 Å². The molecule has 3 atom stereocenters. The molecule has 0 spiro atoms. The number of carbonyl (C=O) groups is 4. The summed E-state index contributed by atoms with van der Waals surface area (Å²) in [5.74, 6) is -0.234. The van der Waals surface area contributed by atoms with Gasteiger partial charge in [0.05, 0.1) is 13.0 Å². The van der Waals surface area contributed by atoms with Crippen LogP contribution in [0.4, 0.5) is 0 Å². The fourth-order valence-corrected chi connectivity index (χ4v) is 6.25. The highest BCUT2D eigenvalue weighted by Crippen LogP contribution is 2.23. The summed E-state index contributed by atoms with van der Waals surface area (Å²) in [5, 5.41) is 8.76. The molecule has 242 valence electrons. The van der Waals surface area contributed by atoms with Gasteiger partial charge in [-0.05, 0) is 93.3 Å². The predicted molar refractivity (Wildman–Crippen MR) is 171 cm³/mol. The topological polar surface area (TPSA) is 120 Å². The Bertz CT molecular complexity index is 1330. The average molecular weight is 618 g/mol. The molecule has 3 N–H and O–H groups in total. The lowest BCUT2D eigenvalue weighted by Gasteiger charge is -2.34. The number of ether oxygens (including phenoxy) is 1. The molecule has 0 aliphatic carbocycles. The number of likely N-dealkylation sites (tertiary alicyclic amines) is 1. The highest BCUT2D eigenvalue weighted by atomic mass is 16.5. The zero-order valence-corrected chi connectivity index (χ0v) is 26.4. The third kappa shape index (κ3) is 9.53. The molecule has 5 rings (SSSR count). The molecule has 3 aliphatic heterocycles. The van der Waals surface area contributed by atoms with Gasteiger partial charge in [-0.1, -0.05) is 36.4 Å². The van der Waals surface area contributed by atoms with Crippen molar-refractivity contribution in [2.45, 2.75) is 76.9 Å². The monoisotopic (exact) mass is 617 g/mol. The van der Waals surface area contributed by atoms with Crippen LogP contribution in [0.1, 0.15) is 61.6 Å². The Morgan fingerprint density at radius 2 is 1.82 bits per heavy atom. The van der Waals surface area contributed by atoms with Gasteiger partial charge < -0.3 is 30.5 Å². The summed E-state index contributed by atoms with van der Waals surface area (Å²) in [7, 11) is 0. The van der Waals surface area contributed by atoms with E-state index in [2.05, 4.69) is 20.9 Å². The number of nitrogens with zero attached hydrogens (tertiary/aromatic N) is 2. The number of fused-ring (bicyclic) bond motifs is 4. The van der Waals surface area contributed by atoms with E-state index in [1.807, 2.05) is 60.4 Å². The Morgan fingerprint density at radius 3 is 2.60 bits per heavy atom. The van der Waals surface area contributed by atoms with Gasteiger partial charge in [0.15, 0.2) is 0 Å². The predicted octanol–water partition coefficient (Wildman–Crippen LogP) is 2.72. The molecule has 10 nitrogen and oxygen atoms in total. The Hall–Kier alpha value is -3.92. The Balaban J connectivity index is 1.37. The maximum atomic E-state index is 13.8. The summed E-state index contributed by atoms with van der Waals surface area (Å²) in [6.07, 6.45) is 4.86. The van der Waals surface area contributed by atoms with E-state index >= 15 is 0 Å². The number of hydrogen-bond acceptors (Lipinski definition) is 6. The van der Waals surface area contributed by atoms with Crippen molar-refractivity contribution >= 4 is 23.6 Å². The van der Waals surface area contributed by atoms with E-state index in [9.17, 15) is 19.2 Å². The van der Waals surface area contributed by atoms with Crippen molar-refractivity contribution in [3.05, 3.63) is 65.2 Å². The summed E-state index contributed by atoms with van der Waals surface area (Å²) in [5.41, 5.74) is 3.02. The number of aryl methyl sites for hydroxylation is 2. The molecule has 2 aromatic carbocycles. The van der Waals surface area contributed by atoms with Gasteiger partial charge in [-0.25, -0.2) is 0 Å². The summed E-state index contributed by atoms with van der Waals surface area (Å²) in [6.45, 7) is 6.59. The van der Waals surface area contributed by atoms with Gasteiger partial charge in [0.2, 0.25) is 23.6 Å². The molecule has 2 saturated heterocycles. The summed E-state index contributed by atoms with van der Waals surface area (Å²) in [4.78, 5) is 58.0. The molecule has 4 bridgehead atoms. The molecule has 0 radical (unpaired) electrons. The first-order chi connectivity index (χ1) is 21.8. The Kier molecular flexibility index (Phi) is 11.5. The number of piperidine rings is 1. The second-order valence-electron chi connectivity index (χ2n) is 12.6.